The van der Waals surface area contributed by atoms with Crippen molar-refractivity contribution in [3.63, 3.8) is 0 Å². The Kier molecular flexibility index (Phi) is 6.56. The average Bonchev–Trinajstić information content (AvgIpc) is 2.72. The number of anilines is 2. The molecule has 162 valence electrons. The summed E-state index contributed by atoms with van der Waals surface area (Å²) in [5, 5.41) is 2.77. The number of nitrogens with zero attached hydrogens (tertiary/aromatic N) is 1. The number of benzene rings is 3. The summed E-state index contributed by atoms with van der Waals surface area (Å²) in [5.74, 6) is -0.721. The summed E-state index contributed by atoms with van der Waals surface area (Å²) in [5.41, 5.74) is -0.503. The van der Waals surface area contributed by atoms with Gasteiger partial charge in [-0.2, -0.15) is 13.2 Å². The first-order valence-electron chi connectivity index (χ1n) is 8.88. The van der Waals surface area contributed by atoms with Crippen LogP contribution in [0.1, 0.15) is 5.56 Å². The molecule has 0 aliphatic rings. The largest absolute Gasteiger partial charge is 0.416 e. The van der Waals surface area contributed by atoms with Crippen LogP contribution in [0, 0.1) is 0 Å². The lowest BCUT2D eigenvalue weighted by molar-refractivity contribution is -0.137. The standard InChI is InChI=1S/C21H16ClF3N2O3S/c22-16-8-12-19(13-9-16)31(29,30)27(18-4-2-1-3-5-18)14-20(28)26-17-10-6-15(7-11-17)21(23,24)25/h1-13H,14H2,(H,26,28). The molecule has 31 heavy (non-hydrogen) atoms. The second-order valence-corrected chi connectivity index (χ2v) is 8.72. The molecule has 0 unspecified atom stereocenters. The van der Waals surface area contributed by atoms with E-state index in [9.17, 15) is 26.4 Å². The second kappa shape index (κ2) is 8.99. The second-order valence-electron chi connectivity index (χ2n) is 6.42. The van der Waals surface area contributed by atoms with Crippen LogP contribution in [-0.4, -0.2) is 20.9 Å². The van der Waals surface area contributed by atoms with Crippen LogP contribution in [0.2, 0.25) is 5.02 Å². The maximum Gasteiger partial charge on any atom is 0.416 e. The van der Waals surface area contributed by atoms with Crippen molar-refractivity contribution in [3.05, 3.63) is 89.4 Å². The minimum absolute atomic E-state index is 0.0666. The molecule has 3 aromatic rings. The summed E-state index contributed by atoms with van der Waals surface area (Å²) in [4.78, 5) is 12.5. The van der Waals surface area contributed by atoms with Crippen LogP contribution in [0.4, 0.5) is 24.5 Å². The summed E-state index contributed by atoms with van der Waals surface area (Å²) >= 11 is 5.83. The van der Waals surface area contributed by atoms with Gasteiger partial charge in [-0.15, -0.1) is 0 Å². The van der Waals surface area contributed by atoms with Gasteiger partial charge in [-0.25, -0.2) is 8.42 Å². The Morgan fingerprint density at radius 3 is 2.03 bits per heavy atom. The van der Waals surface area contributed by atoms with Crippen molar-refractivity contribution in [2.45, 2.75) is 11.1 Å². The van der Waals surface area contributed by atoms with Crippen LogP contribution in [0.5, 0.6) is 0 Å². The first kappa shape index (κ1) is 22.6. The van der Waals surface area contributed by atoms with Crippen molar-refractivity contribution >= 4 is 38.9 Å². The van der Waals surface area contributed by atoms with Gasteiger partial charge in [-0.3, -0.25) is 9.10 Å². The fraction of sp³-hybridized carbons (Fsp3) is 0.0952. The molecule has 0 saturated carbocycles. The Morgan fingerprint density at radius 1 is 0.903 bits per heavy atom. The molecule has 0 bridgehead atoms. The highest BCUT2D eigenvalue weighted by Crippen LogP contribution is 2.30. The molecule has 3 rings (SSSR count). The van der Waals surface area contributed by atoms with Crippen molar-refractivity contribution < 1.29 is 26.4 Å². The lowest BCUT2D eigenvalue weighted by Gasteiger charge is -2.24. The minimum atomic E-state index is -4.50. The highest BCUT2D eigenvalue weighted by Gasteiger charge is 2.30. The fourth-order valence-corrected chi connectivity index (χ4v) is 4.26. The van der Waals surface area contributed by atoms with E-state index in [1.807, 2.05) is 0 Å². The molecule has 3 aromatic carbocycles. The van der Waals surface area contributed by atoms with Crippen molar-refractivity contribution in [2.75, 3.05) is 16.2 Å². The minimum Gasteiger partial charge on any atom is -0.325 e. The lowest BCUT2D eigenvalue weighted by atomic mass is 10.2. The van der Waals surface area contributed by atoms with E-state index in [1.54, 1.807) is 18.2 Å². The van der Waals surface area contributed by atoms with E-state index in [1.165, 1.54) is 36.4 Å². The van der Waals surface area contributed by atoms with Crippen molar-refractivity contribution in [1.29, 1.82) is 0 Å². The van der Waals surface area contributed by atoms with Crippen LogP contribution in [0.15, 0.2) is 83.8 Å². The lowest BCUT2D eigenvalue weighted by Crippen LogP contribution is -2.38. The molecule has 0 aliphatic carbocycles. The summed E-state index contributed by atoms with van der Waals surface area (Å²) in [6.07, 6.45) is -4.50. The van der Waals surface area contributed by atoms with Gasteiger partial charge >= 0.3 is 6.18 Å². The Hall–Kier alpha value is -3.04. The first-order valence-corrected chi connectivity index (χ1v) is 10.7. The number of carbonyl (C=O) groups is 1. The molecule has 0 aliphatic heterocycles. The molecule has 0 heterocycles. The third-order valence-corrected chi connectivity index (χ3v) is 6.27. The number of para-hydroxylation sites is 1. The predicted molar refractivity (Wildman–Crippen MR) is 112 cm³/mol. The number of hydrogen-bond acceptors (Lipinski definition) is 3. The van der Waals surface area contributed by atoms with E-state index < -0.39 is 34.2 Å². The van der Waals surface area contributed by atoms with E-state index >= 15 is 0 Å². The number of hydrogen-bond donors (Lipinski definition) is 1. The smallest absolute Gasteiger partial charge is 0.325 e. The van der Waals surface area contributed by atoms with Crippen LogP contribution in [0.3, 0.4) is 0 Å². The number of amides is 1. The number of rotatable bonds is 6. The fourth-order valence-electron chi connectivity index (χ4n) is 2.72. The normalized spacial score (nSPS) is 11.7. The molecule has 0 radical (unpaired) electrons. The van der Waals surface area contributed by atoms with Crippen LogP contribution in [-0.2, 0) is 21.0 Å². The van der Waals surface area contributed by atoms with Gasteiger partial charge in [0, 0.05) is 10.7 Å². The Labute approximate surface area is 182 Å². The molecule has 1 N–H and O–H groups in total. The molecular formula is C21H16ClF3N2O3S. The van der Waals surface area contributed by atoms with E-state index in [2.05, 4.69) is 5.32 Å². The molecule has 0 spiro atoms. The Bertz CT molecular complexity index is 1150. The Morgan fingerprint density at radius 2 is 1.48 bits per heavy atom. The highest BCUT2D eigenvalue weighted by molar-refractivity contribution is 7.92. The zero-order valence-corrected chi connectivity index (χ0v) is 17.4. The number of halogens is 4. The topological polar surface area (TPSA) is 66.5 Å². The summed E-state index contributed by atoms with van der Waals surface area (Å²) < 4.78 is 65.3. The molecule has 0 fully saturated rings. The molecule has 10 heteroatoms. The summed E-state index contributed by atoms with van der Waals surface area (Å²) in [6, 6.07) is 17.3. The first-order chi connectivity index (χ1) is 14.6. The molecule has 0 saturated heterocycles. The number of carbonyl (C=O) groups excluding carboxylic acids is 1. The molecular weight excluding hydrogens is 453 g/mol. The number of sulfonamides is 1. The molecule has 5 nitrogen and oxygen atoms in total. The monoisotopic (exact) mass is 468 g/mol. The van der Waals surface area contributed by atoms with Crippen molar-refractivity contribution in [1.82, 2.24) is 0 Å². The highest BCUT2D eigenvalue weighted by atomic mass is 35.5. The molecule has 0 aromatic heterocycles. The van der Waals surface area contributed by atoms with E-state index in [4.69, 9.17) is 11.6 Å². The van der Waals surface area contributed by atoms with Gasteiger partial charge in [0.15, 0.2) is 0 Å². The van der Waals surface area contributed by atoms with Gasteiger partial charge in [-0.1, -0.05) is 29.8 Å². The zero-order chi connectivity index (χ0) is 22.6. The third-order valence-electron chi connectivity index (χ3n) is 4.23. The van der Waals surface area contributed by atoms with Crippen LogP contribution in [0.25, 0.3) is 0 Å². The van der Waals surface area contributed by atoms with Crippen molar-refractivity contribution in [2.24, 2.45) is 0 Å². The Balaban J connectivity index is 1.85. The zero-order valence-electron chi connectivity index (χ0n) is 15.8. The van der Waals surface area contributed by atoms with E-state index in [-0.39, 0.29) is 16.3 Å². The average molecular weight is 469 g/mol. The maximum atomic E-state index is 13.2. The van der Waals surface area contributed by atoms with Gasteiger partial charge in [0.1, 0.15) is 6.54 Å². The summed E-state index contributed by atoms with van der Waals surface area (Å²) in [7, 11) is -4.12. The van der Waals surface area contributed by atoms with Crippen LogP contribution < -0.4 is 9.62 Å². The SMILES string of the molecule is O=C(CN(c1ccccc1)S(=O)(=O)c1ccc(Cl)cc1)Nc1ccc(C(F)(F)F)cc1. The van der Waals surface area contributed by atoms with E-state index in [0.29, 0.717) is 5.02 Å². The molecule has 1 amide bonds. The predicted octanol–water partition coefficient (Wildman–Crippen LogP) is 5.19. The van der Waals surface area contributed by atoms with Gasteiger partial charge in [0.05, 0.1) is 16.1 Å². The van der Waals surface area contributed by atoms with Gasteiger partial charge in [-0.05, 0) is 60.7 Å². The molecule has 0 atom stereocenters. The van der Waals surface area contributed by atoms with Crippen molar-refractivity contribution in [3.8, 4) is 0 Å². The van der Waals surface area contributed by atoms with Gasteiger partial charge in [0.2, 0.25) is 5.91 Å². The maximum absolute atomic E-state index is 13.2. The third kappa shape index (κ3) is 5.56. The van der Waals surface area contributed by atoms with Crippen LogP contribution >= 0.6 is 11.6 Å². The summed E-state index contributed by atoms with van der Waals surface area (Å²) in [6.45, 7) is -0.587. The number of nitrogens with one attached hydrogen (secondary N) is 1. The van der Waals surface area contributed by atoms with Gasteiger partial charge < -0.3 is 5.32 Å². The number of alkyl halides is 3. The van der Waals surface area contributed by atoms with E-state index in [0.717, 1.165) is 28.6 Å². The van der Waals surface area contributed by atoms with Gasteiger partial charge in [0.25, 0.3) is 10.0 Å². The quantitative estimate of drug-likeness (QED) is 0.541.